The van der Waals surface area contributed by atoms with Crippen LogP contribution in [0.5, 0.6) is 0 Å². The molecule has 0 radical (unpaired) electrons. The molecule has 6 heteroatoms. The molecule has 2 rings (SSSR count). The number of nitrogens with zero attached hydrogens (tertiary/aromatic N) is 1. The average molecular weight is 317 g/mol. The molecule has 1 aliphatic heterocycles. The van der Waals surface area contributed by atoms with Crippen molar-refractivity contribution in [1.82, 2.24) is 4.90 Å². The molecule has 23 heavy (non-hydrogen) atoms. The van der Waals surface area contributed by atoms with Gasteiger partial charge in [0.05, 0.1) is 0 Å². The fourth-order valence-corrected chi connectivity index (χ4v) is 2.71. The summed E-state index contributed by atoms with van der Waals surface area (Å²) in [5.74, 6) is -0.0929. The van der Waals surface area contributed by atoms with E-state index in [9.17, 15) is 14.4 Å². The lowest BCUT2D eigenvalue weighted by Gasteiger charge is -2.30. The van der Waals surface area contributed by atoms with E-state index in [2.05, 4.69) is 17.6 Å². The van der Waals surface area contributed by atoms with Gasteiger partial charge in [-0.25, -0.2) is 0 Å². The number of carbonyl (C=O) groups excluding carboxylic acids is 3. The highest BCUT2D eigenvalue weighted by atomic mass is 16.2. The molecule has 0 bridgehead atoms. The molecular weight excluding hydrogens is 294 g/mol. The Kier molecular flexibility index (Phi) is 5.73. The summed E-state index contributed by atoms with van der Waals surface area (Å²) < 4.78 is 0. The van der Waals surface area contributed by atoms with Crippen LogP contribution < -0.4 is 10.6 Å². The van der Waals surface area contributed by atoms with E-state index in [0.717, 1.165) is 25.9 Å². The van der Waals surface area contributed by atoms with Gasteiger partial charge >= 0.3 is 0 Å². The van der Waals surface area contributed by atoms with E-state index in [-0.39, 0.29) is 24.1 Å². The van der Waals surface area contributed by atoms with Crippen molar-refractivity contribution in [2.45, 2.75) is 33.1 Å². The number of rotatable bonds is 4. The second-order valence-electron chi connectivity index (χ2n) is 6.07. The summed E-state index contributed by atoms with van der Waals surface area (Å²) in [6.45, 7) is 5.03. The Hall–Kier alpha value is -2.37. The standard InChI is InChI=1S/C17H23N3O3/c1-12-4-3-9-20(11-12)17(23)10-16(22)19-15-7-5-14(6-8-15)18-13(2)21/h5-8,12H,3-4,9-11H2,1-2H3,(H,18,21)(H,19,22). The molecule has 0 saturated carbocycles. The lowest BCUT2D eigenvalue weighted by Crippen LogP contribution is -2.40. The zero-order valence-corrected chi connectivity index (χ0v) is 13.6. The second-order valence-corrected chi connectivity index (χ2v) is 6.07. The maximum Gasteiger partial charge on any atom is 0.233 e. The van der Waals surface area contributed by atoms with Crippen molar-refractivity contribution in [3.05, 3.63) is 24.3 Å². The smallest absolute Gasteiger partial charge is 0.233 e. The third kappa shape index (κ3) is 5.39. The molecule has 1 heterocycles. The van der Waals surface area contributed by atoms with Gasteiger partial charge in [0.15, 0.2) is 0 Å². The summed E-state index contributed by atoms with van der Waals surface area (Å²) in [5, 5.41) is 5.36. The Labute approximate surface area is 136 Å². The van der Waals surface area contributed by atoms with E-state index in [0.29, 0.717) is 17.3 Å². The third-order valence-corrected chi connectivity index (χ3v) is 3.81. The third-order valence-electron chi connectivity index (χ3n) is 3.81. The molecule has 0 aromatic heterocycles. The highest BCUT2D eigenvalue weighted by Gasteiger charge is 2.22. The van der Waals surface area contributed by atoms with Crippen LogP contribution in [-0.4, -0.2) is 35.7 Å². The minimum absolute atomic E-state index is 0.121. The van der Waals surface area contributed by atoms with E-state index in [4.69, 9.17) is 0 Å². The quantitative estimate of drug-likeness (QED) is 0.836. The minimum atomic E-state index is -0.319. The lowest BCUT2D eigenvalue weighted by atomic mass is 10.00. The highest BCUT2D eigenvalue weighted by Crippen LogP contribution is 2.17. The van der Waals surface area contributed by atoms with Gasteiger partial charge in [-0.2, -0.15) is 0 Å². The summed E-state index contributed by atoms with van der Waals surface area (Å²) in [4.78, 5) is 36.8. The molecule has 1 aromatic rings. The topological polar surface area (TPSA) is 78.5 Å². The van der Waals surface area contributed by atoms with Crippen LogP contribution in [-0.2, 0) is 14.4 Å². The highest BCUT2D eigenvalue weighted by molar-refractivity contribution is 6.03. The molecule has 6 nitrogen and oxygen atoms in total. The van der Waals surface area contributed by atoms with Crippen molar-refractivity contribution in [2.75, 3.05) is 23.7 Å². The van der Waals surface area contributed by atoms with Crippen LogP contribution in [0.15, 0.2) is 24.3 Å². The van der Waals surface area contributed by atoms with Gasteiger partial charge in [0, 0.05) is 31.4 Å². The number of hydrogen-bond acceptors (Lipinski definition) is 3. The number of piperidine rings is 1. The van der Waals surface area contributed by atoms with Crippen molar-refractivity contribution in [2.24, 2.45) is 5.92 Å². The lowest BCUT2D eigenvalue weighted by molar-refractivity contribution is -0.136. The predicted molar refractivity (Wildman–Crippen MR) is 89.0 cm³/mol. The number of likely N-dealkylation sites (tertiary alicyclic amines) is 1. The van der Waals surface area contributed by atoms with Crippen LogP contribution in [0, 0.1) is 5.92 Å². The number of benzene rings is 1. The molecule has 1 saturated heterocycles. The average Bonchev–Trinajstić information content (AvgIpc) is 2.48. The Morgan fingerprint density at radius 1 is 1.13 bits per heavy atom. The molecule has 3 amide bonds. The molecular formula is C17H23N3O3. The van der Waals surface area contributed by atoms with Crippen LogP contribution in [0.1, 0.15) is 33.1 Å². The van der Waals surface area contributed by atoms with Gasteiger partial charge < -0.3 is 15.5 Å². The van der Waals surface area contributed by atoms with Crippen molar-refractivity contribution in [3.63, 3.8) is 0 Å². The first kappa shape index (κ1) is 17.0. The number of nitrogens with one attached hydrogen (secondary N) is 2. The number of amides is 3. The summed E-state index contributed by atoms with van der Waals surface area (Å²) >= 11 is 0. The van der Waals surface area contributed by atoms with Gasteiger partial charge in [0.25, 0.3) is 0 Å². The predicted octanol–water partition coefficient (Wildman–Crippen LogP) is 2.23. The molecule has 1 aromatic carbocycles. The van der Waals surface area contributed by atoms with Crippen LogP contribution in [0.3, 0.4) is 0 Å². The molecule has 0 aliphatic carbocycles. The first-order valence-electron chi connectivity index (χ1n) is 7.89. The van der Waals surface area contributed by atoms with Gasteiger partial charge in [0.1, 0.15) is 6.42 Å². The van der Waals surface area contributed by atoms with Crippen molar-refractivity contribution in [3.8, 4) is 0 Å². The summed E-state index contributed by atoms with van der Waals surface area (Å²) in [7, 11) is 0. The zero-order valence-electron chi connectivity index (χ0n) is 13.6. The first-order chi connectivity index (χ1) is 10.9. The van der Waals surface area contributed by atoms with Crippen LogP contribution in [0.2, 0.25) is 0 Å². The summed E-state index contributed by atoms with van der Waals surface area (Å²) in [6, 6.07) is 6.78. The number of hydrogen-bond donors (Lipinski definition) is 2. The van der Waals surface area contributed by atoms with Gasteiger partial charge in [-0.3, -0.25) is 14.4 Å². The first-order valence-corrected chi connectivity index (χ1v) is 7.89. The van der Waals surface area contributed by atoms with Crippen molar-refractivity contribution >= 4 is 29.1 Å². The van der Waals surface area contributed by atoms with Crippen molar-refractivity contribution < 1.29 is 14.4 Å². The van der Waals surface area contributed by atoms with Gasteiger partial charge in [-0.15, -0.1) is 0 Å². The summed E-state index contributed by atoms with van der Waals surface area (Å²) in [6.07, 6.45) is 2.00. The molecule has 1 fully saturated rings. The SMILES string of the molecule is CC(=O)Nc1ccc(NC(=O)CC(=O)N2CCCC(C)C2)cc1. The van der Waals surface area contributed by atoms with Gasteiger partial charge in [-0.05, 0) is 43.0 Å². The van der Waals surface area contributed by atoms with Crippen LogP contribution in [0.25, 0.3) is 0 Å². The normalized spacial score (nSPS) is 17.5. The maximum atomic E-state index is 12.1. The van der Waals surface area contributed by atoms with E-state index in [1.54, 1.807) is 29.2 Å². The molecule has 1 unspecified atom stereocenters. The monoisotopic (exact) mass is 317 g/mol. The van der Waals surface area contributed by atoms with E-state index in [1.165, 1.54) is 6.92 Å². The van der Waals surface area contributed by atoms with Gasteiger partial charge in [-0.1, -0.05) is 6.92 Å². The minimum Gasteiger partial charge on any atom is -0.342 e. The molecule has 0 spiro atoms. The van der Waals surface area contributed by atoms with Crippen LogP contribution in [0.4, 0.5) is 11.4 Å². The fourth-order valence-electron chi connectivity index (χ4n) is 2.71. The Morgan fingerprint density at radius 2 is 1.74 bits per heavy atom. The second kappa shape index (κ2) is 7.76. The molecule has 124 valence electrons. The largest absolute Gasteiger partial charge is 0.342 e. The van der Waals surface area contributed by atoms with E-state index < -0.39 is 0 Å². The van der Waals surface area contributed by atoms with E-state index >= 15 is 0 Å². The Bertz CT molecular complexity index is 583. The summed E-state index contributed by atoms with van der Waals surface area (Å²) in [5.41, 5.74) is 1.26. The zero-order chi connectivity index (χ0) is 16.8. The number of anilines is 2. The molecule has 2 N–H and O–H groups in total. The van der Waals surface area contributed by atoms with Crippen LogP contribution >= 0.6 is 0 Å². The Morgan fingerprint density at radius 3 is 2.30 bits per heavy atom. The van der Waals surface area contributed by atoms with Crippen molar-refractivity contribution in [1.29, 1.82) is 0 Å². The fraction of sp³-hybridized carbons (Fsp3) is 0.471. The maximum absolute atomic E-state index is 12.1. The molecule has 1 atom stereocenters. The van der Waals surface area contributed by atoms with Gasteiger partial charge in [0.2, 0.25) is 17.7 Å². The Balaban J connectivity index is 1.84. The number of carbonyl (C=O) groups is 3. The molecule has 1 aliphatic rings. The van der Waals surface area contributed by atoms with E-state index in [1.807, 2.05) is 0 Å².